The topological polar surface area (TPSA) is 98.9 Å². The Balaban J connectivity index is 2.78. The van der Waals surface area contributed by atoms with E-state index >= 15 is 0 Å². The van der Waals surface area contributed by atoms with Gasteiger partial charge < -0.3 is 20.3 Å². The fourth-order valence-corrected chi connectivity index (χ4v) is 1.17. The van der Waals surface area contributed by atoms with E-state index in [0.29, 0.717) is 5.69 Å². The Kier molecular flexibility index (Phi) is 4.33. The van der Waals surface area contributed by atoms with Gasteiger partial charge in [-0.3, -0.25) is 0 Å². The van der Waals surface area contributed by atoms with Gasteiger partial charge in [0.2, 0.25) is 0 Å². The number of ether oxygens (including phenoxy) is 2. The minimum Gasteiger partial charge on any atom is -0.481 e. The summed E-state index contributed by atoms with van der Waals surface area (Å²) in [4.78, 5) is 21.9. The summed E-state index contributed by atoms with van der Waals surface area (Å²) >= 11 is 0. The van der Waals surface area contributed by atoms with Crippen LogP contribution in [-0.4, -0.2) is 30.3 Å². The molecule has 92 valence electrons. The number of esters is 1. The second-order valence-electron chi connectivity index (χ2n) is 3.15. The number of nitrogens with two attached hydrogens (primary N) is 1. The van der Waals surface area contributed by atoms with Gasteiger partial charge in [0, 0.05) is 11.8 Å². The van der Waals surface area contributed by atoms with Crippen LogP contribution in [0.4, 0.5) is 5.69 Å². The van der Waals surface area contributed by atoms with E-state index in [9.17, 15) is 9.59 Å². The van der Waals surface area contributed by atoms with E-state index in [1.165, 1.54) is 18.2 Å². The molecule has 6 nitrogen and oxygen atoms in total. The van der Waals surface area contributed by atoms with Gasteiger partial charge >= 0.3 is 11.9 Å². The highest BCUT2D eigenvalue weighted by Crippen LogP contribution is 2.21. The molecule has 0 heterocycles. The van der Waals surface area contributed by atoms with Crippen molar-refractivity contribution in [1.29, 1.82) is 0 Å². The van der Waals surface area contributed by atoms with Crippen molar-refractivity contribution in [2.45, 2.75) is 6.92 Å². The van der Waals surface area contributed by atoms with Crippen LogP contribution in [0.1, 0.15) is 17.3 Å². The molecule has 0 bridgehead atoms. The smallest absolute Gasteiger partial charge is 0.344 e. The predicted octanol–water partition coefficient (Wildman–Crippen LogP) is 0.909. The minimum absolute atomic E-state index is 0.0468. The number of carbonyl (C=O) groups is 2. The highest BCUT2D eigenvalue weighted by Gasteiger charge is 2.13. The van der Waals surface area contributed by atoms with Gasteiger partial charge in [-0.1, -0.05) is 0 Å². The Morgan fingerprint density at radius 3 is 2.71 bits per heavy atom. The van der Waals surface area contributed by atoms with Gasteiger partial charge in [0.05, 0.1) is 6.61 Å². The zero-order valence-electron chi connectivity index (χ0n) is 9.30. The van der Waals surface area contributed by atoms with Crippen molar-refractivity contribution in [3.63, 3.8) is 0 Å². The third-order valence-corrected chi connectivity index (χ3v) is 1.89. The molecule has 0 spiro atoms. The van der Waals surface area contributed by atoms with Gasteiger partial charge in [0.15, 0.2) is 6.61 Å². The summed E-state index contributed by atoms with van der Waals surface area (Å²) in [5.74, 6) is -1.67. The Bertz CT molecular complexity index is 430. The normalized spacial score (nSPS) is 9.71. The molecule has 0 unspecified atom stereocenters. The largest absolute Gasteiger partial charge is 0.481 e. The summed E-state index contributed by atoms with van der Waals surface area (Å²) in [6, 6.07) is 4.11. The predicted molar refractivity (Wildman–Crippen MR) is 59.9 cm³/mol. The zero-order chi connectivity index (χ0) is 12.8. The van der Waals surface area contributed by atoms with Crippen molar-refractivity contribution in [1.82, 2.24) is 0 Å². The maximum absolute atomic E-state index is 11.1. The number of carboxylic acids is 1. The molecule has 17 heavy (non-hydrogen) atoms. The standard InChI is InChI=1S/C11H13NO5/c1-2-16-10(13)6-17-9-5-7(12)3-4-8(9)11(14)15/h3-5H,2,6,12H2,1H3,(H,14,15). The number of hydrogen-bond donors (Lipinski definition) is 2. The van der Waals surface area contributed by atoms with Crippen molar-refractivity contribution >= 4 is 17.6 Å². The summed E-state index contributed by atoms with van der Waals surface area (Å²) in [5, 5.41) is 8.89. The number of hydrogen-bond acceptors (Lipinski definition) is 5. The molecule has 6 heteroatoms. The van der Waals surface area contributed by atoms with Crippen LogP contribution in [-0.2, 0) is 9.53 Å². The van der Waals surface area contributed by atoms with Crippen LogP contribution < -0.4 is 10.5 Å². The monoisotopic (exact) mass is 239 g/mol. The van der Waals surface area contributed by atoms with E-state index in [0.717, 1.165) is 0 Å². The minimum atomic E-state index is -1.15. The summed E-state index contributed by atoms with van der Waals surface area (Å²) in [6.07, 6.45) is 0. The van der Waals surface area contributed by atoms with E-state index in [4.69, 9.17) is 15.6 Å². The number of nitrogen functional groups attached to an aromatic ring is 1. The SMILES string of the molecule is CCOC(=O)COc1cc(N)ccc1C(=O)O. The molecule has 1 aromatic carbocycles. The first-order valence-corrected chi connectivity index (χ1v) is 4.95. The van der Waals surface area contributed by atoms with Crippen molar-refractivity contribution < 1.29 is 24.2 Å². The lowest BCUT2D eigenvalue weighted by Gasteiger charge is -2.09. The van der Waals surface area contributed by atoms with Crippen LogP contribution in [0.2, 0.25) is 0 Å². The van der Waals surface area contributed by atoms with Gasteiger partial charge in [-0.25, -0.2) is 9.59 Å². The van der Waals surface area contributed by atoms with Crippen LogP contribution in [0.5, 0.6) is 5.75 Å². The van der Waals surface area contributed by atoms with Gasteiger partial charge in [-0.2, -0.15) is 0 Å². The molecule has 0 aliphatic heterocycles. The summed E-state index contributed by atoms with van der Waals surface area (Å²) in [5.41, 5.74) is 5.81. The molecule has 0 aliphatic rings. The number of anilines is 1. The average Bonchev–Trinajstić information content (AvgIpc) is 2.26. The lowest BCUT2D eigenvalue weighted by Crippen LogP contribution is -2.16. The molecular weight excluding hydrogens is 226 g/mol. The fourth-order valence-electron chi connectivity index (χ4n) is 1.17. The van der Waals surface area contributed by atoms with Crippen LogP contribution in [0, 0.1) is 0 Å². The molecule has 0 aromatic heterocycles. The molecule has 1 aromatic rings. The lowest BCUT2D eigenvalue weighted by molar-refractivity contribution is -0.145. The summed E-state index contributed by atoms with van der Waals surface area (Å²) in [6.45, 7) is 1.56. The molecule has 0 aliphatic carbocycles. The molecule has 0 fully saturated rings. The van der Waals surface area contributed by atoms with Crippen molar-refractivity contribution in [2.75, 3.05) is 18.9 Å². The van der Waals surface area contributed by atoms with Gasteiger partial charge in [0.25, 0.3) is 0 Å². The van der Waals surface area contributed by atoms with Crippen molar-refractivity contribution in [3.05, 3.63) is 23.8 Å². The molecule has 0 atom stereocenters. The highest BCUT2D eigenvalue weighted by atomic mass is 16.6. The Morgan fingerprint density at radius 2 is 2.12 bits per heavy atom. The van der Waals surface area contributed by atoms with Gasteiger partial charge in [0.1, 0.15) is 11.3 Å². The van der Waals surface area contributed by atoms with Crippen molar-refractivity contribution in [2.24, 2.45) is 0 Å². The highest BCUT2D eigenvalue weighted by molar-refractivity contribution is 5.91. The number of rotatable bonds is 5. The van der Waals surface area contributed by atoms with Crippen LogP contribution in [0.25, 0.3) is 0 Å². The van der Waals surface area contributed by atoms with Gasteiger partial charge in [-0.15, -0.1) is 0 Å². The van der Waals surface area contributed by atoms with Crippen LogP contribution in [0.15, 0.2) is 18.2 Å². The summed E-state index contributed by atoms with van der Waals surface area (Å²) < 4.78 is 9.71. The average molecular weight is 239 g/mol. The third kappa shape index (κ3) is 3.67. The van der Waals surface area contributed by atoms with Crippen LogP contribution >= 0.6 is 0 Å². The number of carboxylic acid groups (broad SMARTS) is 1. The molecule has 0 saturated carbocycles. The molecular formula is C11H13NO5. The quantitative estimate of drug-likeness (QED) is 0.585. The number of benzene rings is 1. The van der Waals surface area contributed by atoms with E-state index in [1.807, 2.05) is 0 Å². The van der Waals surface area contributed by atoms with E-state index in [2.05, 4.69) is 4.74 Å². The first-order chi connectivity index (χ1) is 8.04. The summed E-state index contributed by atoms with van der Waals surface area (Å²) in [7, 11) is 0. The molecule has 3 N–H and O–H groups in total. The van der Waals surface area contributed by atoms with E-state index in [-0.39, 0.29) is 24.5 Å². The Morgan fingerprint density at radius 1 is 1.41 bits per heavy atom. The molecule has 0 amide bonds. The molecule has 0 saturated heterocycles. The van der Waals surface area contributed by atoms with Gasteiger partial charge in [-0.05, 0) is 19.1 Å². The first kappa shape index (κ1) is 12.8. The van der Waals surface area contributed by atoms with Crippen molar-refractivity contribution in [3.8, 4) is 5.75 Å². The number of aromatic carboxylic acids is 1. The Labute approximate surface area is 97.9 Å². The van der Waals surface area contributed by atoms with Crippen LogP contribution in [0.3, 0.4) is 0 Å². The maximum atomic E-state index is 11.1. The zero-order valence-corrected chi connectivity index (χ0v) is 9.30. The number of carbonyl (C=O) groups excluding carboxylic acids is 1. The van der Waals surface area contributed by atoms with E-state index in [1.54, 1.807) is 6.92 Å². The van der Waals surface area contributed by atoms with E-state index < -0.39 is 11.9 Å². The molecule has 0 radical (unpaired) electrons. The first-order valence-electron chi connectivity index (χ1n) is 4.95. The maximum Gasteiger partial charge on any atom is 0.344 e. The third-order valence-electron chi connectivity index (χ3n) is 1.89. The second kappa shape index (κ2) is 5.74. The Hall–Kier alpha value is -2.24. The fraction of sp³-hybridized carbons (Fsp3) is 0.273. The second-order valence-corrected chi connectivity index (χ2v) is 3.15. The molecule has 1 rings (SSSR count). The lowest BCUT2D eigenvalue weighted by atomic mass is 10.2.